The van der Waals surface area contributed by atoms with Gasteiger partial charge in [0.2, 0.25) is 5.91 Å². The van der Waals surface area contributed by atoms with Gasteiger partial charge in [0.15, 0.2) is 5.78 Å². The summed E-state index contributed by atoms with van der Waals surface area (Å²) >= 11 is 0. The molecule has 0 radical (unpaired) electrons. The van der Waals surface area contributed by atoms with E-state index in [2.05, 4.69) is 5.32 Å². The van der Waals surface area contributed by atoms with Crippen LogP contribution < -0.4 is 5.32 Å². The van der Waals surface area contributed by atoms with Crippen molar-refractivity contribution in [1.82, 2.24) is 5.32 Å². The predicted octanol–water partition coefficient (Wildman–Crippen LogP) is 4.77. The molecular formula is C26H51NO6. The lowest BCUT2D eigenvalue weighted by Gasteiger charge is -2.07. The number of aliphatic hydroxyl groups is 1. The van der Waals surface area contributed by atoms with E-state index in [9.17, 15) is 14.4 Å². The molecule has 0 heterocycles. The zero-order valence-electron chi connectivity index (χ0n) is 21.4. The van der Waals surface area contributed by atoms with Gasteiger partial charge in [0, 0.05) is 26.5 Å². The van der Waals surface area contributed by atoms with Crippen LogP contribution in [0, 0.1) is 0 Å². The third-order valence-electron chi connectivity index (χ3n) is 5.22. The molecule has 0 aliphatic carbocycles. The van der Waals surface area contributed by atoms with E-state index in [0.717, 1.165) is 39.1 Å². The molecule has 7 heteroatoms. The molecule has 0 aromatic heterocycles. The average molecular weight is 474 g/mol. The summed E-state index contributed by atoms with van der Waals surface area (Å²) in [6.07, 6.45) is 19.8. The van der Waals surface area contributed by atoms with Gasteiger partial charge in [0.1, 0.15) is 12.9 Å². The number of unbranched alkanes of at least 4 members (excludes halogenated alkanes) is 14. The fraction of sp³-hybridized carbons (Fsp3) is 0.885. The van der Waals surface area contributed by atoms with Crippen LogP contribution in [0.4, 0.5) is 0 Å². The Morgan fingerprint density at radius 2 is 1.15 bits per heavy atom. The van der Waals surface area contributed by atoms with Gasteiger partial charge >= 0.3 is 0 Å². The maximum Gasteiger partial charge on any atom is 0.220 e. The van der Waals surface area contributed by atoms with E-state index >= 15 is 0 Å². The first-order chi connectivity index (χ1) is 16.2. The second-order valence-corrected chi connectivity index (χ2v) is 8.37. The summed E-state index contributed by atoms with van der Waals surface area (Å²) in [4.78, 5) is 32.7. The molecule has 0 bridgehead atoms. The molecule has 0 rings (SSSR count). The Morgan fingerprint density at radius 1 is 0.697 bits per heavy atom. The molecule has 2 N–H and O–H groups in total. The molecule has 196 valence electrons. The minimum Gasteiger partial charge on any atom is -0.400 e. The van der Waals surface area contributed by atoms with Gasteiger partial charge in [-0.25, -0.2) is 0 Å². The van der Waals surface area contributed by atoms with E-state index in [1.807, 2.05) is 0 Å². The number of hydrogen-bond donors (Lipinski definition) is 2. The molecule has 0 aliphatic rings. The minimum atomic E-state index is 0.00807. The Kier molecular flexibility index (Phi) is 31.5. The van der Waals surface area contributed by atoms with Gasteiger partial charge in [0.25, 0.3) is 0 Å². The first kappa shape index (κ1) is 33.9. The van der Waals surface area contributed by atoms with E-state index in [1.165, 1.54) is 77.6 Å². The predicted molar refractivity (Wildman–Crippen MR) is 133 cm³/mol. The normalized spacial score (nSPS) is 10.4. The van der Waals surface area contributed by atoms with Crippen molar-refractivity contribution in [3.05, 3.63) is 0 Å². The topological polar surface area (TPSA) is 102 Å². The Hall–Kier alpha value is -1.31. The van der Waals surface area contributed by atoms with Crippen LogP contribution in [0.5, 0.6) is 0 Å². The van der Waals surface area contributed by atoms with Crippen LogP contribution in [0.2, 0.25) is 0 Å². The molecule has 1 amide bonds. The zero-order chi connectivity index (χ0) is 24.8. The summed E-state index contributed by atoms with van der Waals surface area (Å²) in [7, 11) is 1.00. The number of rotatable bonds is 25. The molecule has 0 spiro atoms. The highest BCUT2D eigenvalue weighted by molar-refractivity contribution is 5.76. The summed E-state index contributed by atoms with van der Waals surface area (Å²) < 4.78 is 10.4. The standard InChI is InChI=1S/C25H47NO5.CH4O/c1-24(28)23-31-22-21-30-20-18-26-25(29)17-15-13-11-9-7-5-3-2-4-6-8-10-12-14-16-19-27;1-2/h19H,2-18,20-23H2,1H3,(H,26,29);2H,1H3. The van der Waals surface area contributed by atoms with Crippen molar-refractivity contribution >= 4 is 18.0 Å². The summed E-state index contributed by atoms with van der Waals surface area (Å²) in [6, 6.07) is 0. The number of nitrogens with one attached hydrogen (secondary N) is 1. The van der Waals surface area contributed by atoms with Crippen LogP contribution in [0.25, 0.3) is 0 Å². The average Bonchev–Trinajstić information content (AvgIpc) is 2.81. The highest BCUT2D eigenvalue weighted by Crippen LogP contribution is 2.13. The number of Topliss-reactive ketones (excluding diaryl/α,β-unsaturated/α-hetero) is 1. The zero-order valence-corrected chi connectivity index (χ0v) is 21.4. The molecule has 0 fully saturated rings. The number of carbonyl (C=O) groups is 3. The SMILES string of the molecule is CC(=O)COCCOCCNC(=O)CCCCCCCCCCCCCCCCC=O.CO. The first-order valence-electron chi connectivity index (χ1n) is 13.0. The fourth-order valence-electron chi connectivity index (χ4n) is 3.42. The van der Waals surface area contributed by atoms with Gasteiger partial charge in [-0.3, -0.25) is 9.59 Å². The van der Waals surface area contributed by atoms with E-state index in [0.29, 0.717) is 32.8 Å². The quantitative estimate of drug-likeness (QED) is 0.146. The lowest BCUT2D eigenvalue weighted by molar-refractivity contribution is -0.123. The third-order valence-corrected chi connectivity index (χ3v) is 5.22. The summed E-state index contributed by atoms with van der Waals surface area (Å²) in [5.74, 6) is 0.105. The number of aldehydes is 1. The van der Waals surface area contributed by atoms with Crippen molar-refractivity contribution in [3.8, 4) is 0 Å². The van der Waals surface area contributed by atoms with Gasteiger partial charge in [-0.15, -0.1) is 0 Å². The molecule has 0 unspecified atom stereocenters. The van der Waals surface area contributed by atoms with Crippen molar-refractivity contribution in [2.24, 2.45) is 0 Å². The first-order valence-corrected chi connectivity index (χ1v) is 13.0. The molecule has 0 saturated carbocycles. The number of hydrogen-bond acceptors (Lipinski definition) is 6. The van der Waals surface area contributed by atoms with Crippen LogP contribution in [0.15, 0.2) is 0 Å². The molecule has 0 atom stereocenters. The van der Waals surface area contributed by atoms with Crippen molar-refractivity contribution in [2.75, 3.05) is 40.1 Å². The van der Waals surface area contributed by atoms with E-state index in [1.54, 1.807) is 0 Å². The van der Waals surface area contributed by atoms with Crippen molar-refractivity contribution in [1.29, 1.82) is 0 Å². The maximum atomic E-state index is 11.8. The van der Waals surface area contributed by atoms with Crippen molar-refractivity contribution < 1.29 is 29.0 Å². The van der Waals surface area contributed by atoms with Crippen molar-refractivity contribution in [2.45, 2.75) is 110 Å². The monoisotopic (exact) mass is 473 g/mol. The third kappa shape index (κ3) is 32.9. The number of aliphatic hydroxyl groups excluding tert-OH is 1. The Morgan fingerprint density at radius 3 is 1.64 bits per heavy atom. The van der Waals surface area contributed by atoms with E-state index in [-0.39, 0.29) is 18.3 Å². The Balaban J connectivity index is 0. The molecular weight excluding hydrogens is 422 g/mol. The van der Waals surface area contributed by atoms with Crippen LogP contribution >= 0.6 is 0 Å². The molecule has 0 saturated heterocycles. The van der Waals surface area contributed by atoms with Gasteiger partial charge in [-0.1, -0.05) is 77.0 Å². The smallest absolute Gasteiger partial charge is 0.220 e. The number of amides is 1. The summed E-state index contributed by atoms with van der Waals surface area (Å²) in [5, 5.41) is 9.87. The van der Waals surface area contributed by atoms with Crippen LogP contribution in [-0.2, 0) is 23.9 Å². The number of ether oxygens (including phenoxy) is 2. The molecule has 0 aromatic rings. The van der Waals surface area contributed by atoms with Gasteiger partial charge in [-0.2, -0.15) is 0 Å². The van der Waals surface area contributed by atoms with Crippen LogP contribution in [0.3, 0.4) is 0 Å². The maximum absolute atomic E-state index is 11.8. The van der Waals surface area contributed by atoms with Gasteiger partial charge in [-0.05, 0) is 19.8 Å². The van der Waals surface area contributed by atoms with E-state index < -0.39 is 0 Å². The molecule has 7 nitrogen and oxygen atoms in total. The largest absolute Gasteiger partial charge is 0.400 e. The van der Waals surface area contributed by atoms with Crippen molar-refractivity contribution in [3.63, 3.8) is 0 Å². The van der Waals surface area contributed by atoms with Crippen LogP contribution in [-0.4, -0.2) is 63.2 Å². The molecule has 0 aliphatic heterocycles. The minimum absolute atomic E-state index is 0.00807. The lowest BCUT2D eigenvalue weighted by atomic mass is 10.0. The summed E-state index contributed by atoms with van der Waals surface area (Å²) in [5.41, 5.74) is 0. The second-order valence-electron chi connectivity index (χ2n) is 8.37. The fourth-order valence-corrected chi connectivity index (χ4v) is 3.42. The number of carbonyl (C=O) groups excluding carboxylic acids is 3. The van der Waals surface area contributed by atoms with E-state index in [4.69, 9.17) is 14.6 Å². The molecule has 33 heavy (non-hydrogen) atoms. The second kappa shape index (κ2) is 30.7. The number of ketones is 1. The Bertz CT molecular complexity index is 431. The van der Waals surface area contributed by atoms with Gasteiger partial charge < -0.3 is 24.7 Å². The Labute approximate surface area is 202 Å². The van der Waals surface area contributed by atoms with Crippen LogP contribution in [0.1, 0.15) is 110 Å². The summed E-state index contributed by atoms with van der Waals surface area (Å²) in [6.45, 7) is 3.45. The lowest BCUT2D eigenvalue weighted by Crippen LogP contribution is -2.27. The van der Waals surface area contributed by atoms with Gasteiger partial charge in [0.05, 0.1) is 19.8 Å². The molecule has 0 aromatic carbocycles. The highest BCUT2D eigenvalue weighted by atomic mass is 16.5. The highest BCUT2D eigenvalue weighted by Gasteiger charge is 2.01.